The maximum atomic E-state index is 13.3. The molecule has 2 aromatic carbocycles. The quantitative estimate of drug-likeness (QED) is 0.707. The van der Waals surface area contributed by atoms with Crippen molar-refractivity contribution in [2.75, 3.05) is 12.4 Å². The molecule has 128 valence electrons. The maximum absolute atomic E-state index is 13.3. The van der Waals surface area contributed by atoms with Gasteiger partial charge in [-0.1, -0.05) is 28.1 Å². The molecule has 0 aliphatic carbocycles. The predicted octanol–water partition coefficient (Wildman–Crippen LogP) is 4.33. The van der Waals surface area contributed by atoms with Crippen LogP contribution in [0.25, 0.3) is 0 Å². The standard InChI is InChI=1S/C18H16BrFN4O/c1-25-17-7-4-12(19)8-14(17)16-9-15(11-2-5-13(20)6-3-11)23-18-21-10-22-24(16)18/h2-8,10,15-16H,9H2,1H3,(H,21,22,23)/t15-,16+/m0/s1. The molecule has 2 atom stereocenters. The van der Waals surface area contributed by atoms with Crippen LogP contribution in [0.1, 0.15) is 29.6 Å². The van der Waals surface area contributed by atoms with Crippen molar-refractivity contribution in [3.63, 3.8) is 0 Å². The number of nitrogens with one attached hydrogen (secondary N) is 1. The Morgan fingerprint density at radius 3 is 2.80 bits per heavy atom. The second-order valence-corrected chi connectivity index (χ2v) is 6.83. The zero-order valence-electron chi connectivity index (χ0n) is 13.5. The van der Waals surface area contributed by atoms with Gasteiger partial charge in [0.2, 0.25) is 5.95 Å². The van der Waals surface area contributed by atoms with E-state index in [1.807, 2.05) is 22.9 Å². The van der Waals surface area contributed by atoms with Crippen LogP contribution >= 0.6 is 15.9 Å². The van der Waals surface area contributed by atoms with Crippen LogP contribution in [0.2, 0.25) is 0 Å². The van der Waals surface area contributed by atoms with Gasteiger partial charge in [0.15, 0.2) is 0 Å². The van der Waals surface area contributed by atoms with Crippen molar-refractivity contribution in [2.24, 2.45) is 0 Å². The molecule has 4 rings (SSSR count). The molecule has 0 radical (unpaired) electrons. The Morgan fingerprint density at radius 1 is 1.24 bits per heavy atom. The van der Waals surface area contributed by atoms with Gasteiger partial charge < -0.3 is 10.1 Å². The van der Waals surface area contributed by atoms with Gasteiger partial charge in [0.25, 0.3) is 0 Å². The van der Waals surface area contributed by atoms with Crippen molar-refractivity contribution in [3.05, 3.63) is 70.2 Å². The van der Waals surface area contributed by atoms with E-state index in [0.717, 1.165) is 27.8 Å². The Bertz CT molecular complexity index is 896. The van der Waals surface area contributed by atoms with Gasteiger partial charge in [-0.3, -0.25) is 0 Å². The summed E-state index contributed by atoms with van der Waals surface area (Å²) < 4.78 is 21.6. The minimum Gasteiger partial charge on any atom is -0.496 e. The first-order valence-corrected chi connectivity index (χ1v) is 8.70. The third kappa shape index (κ3) is 3.00. The fraction of sp³-hybridized carbons (Fsp3) is 0.222. The average molecular weight is 403 g/mol. The Morgan fingerprint density at radius 2 is 2.04 bits per heavy atom. The average Bonchev–Trinajstić information content (AvgIpc) is 3.10. The molecule has 0 amide bonds. The summed E-state index contributed by atoms with van der Waals surface area (Å²) in [5, 5.41) is 7.75. The topological polar surface area (TPSA) is 52.0 Å². The summed E-state index contributed by atoms with van der Waals surface area (Å²) >= 11 is 3.53. The summed E-state index contributed by atoms with van der Waals surface area (Å²) in [7, 11) is 1.66. The first kappa shape index (κ1) is 16.1. The van der Waals surface area contributed by atoms with Crippen LogP contribution in [0, 0.1) is 5.82 Å². The molecule has 1 aromatic heterocycles. The smallest absolute Gasteiger partial charge is 0.222 e. The number of hydrogen-bond acceptors (Lipinski definition) is 4. The van der Waals surface area contributed by atoms with Gasteiger partial charge in [-0.05, 0) is 42.3 Å². The van der Waals surface area contributed by atoms with Crippen molar-refractivity contribution < 1.29 is 9.13 Å². The molecule has 0 unspecified atom stereocenters. The number of anilines is 1. The van der Waals surface area contributed by atoms with Gasteiger partial charge in [0.1, 0.15) is 17.9 Å². The molecule has 7 heteroatoms. The lowest BCUT2D eigenvalue weighted by atomic mass is 9.93. The van der Waals surface area contributed by atoms with Crippen LogP contribution in [0.15, 0.2) is 53.3 Å². The highest BCUT2D eigenvalue weighted by Crippen LogP contribution is 2.41. The van der Waals surface area contributed by atoms with Crippen molar-refractivity contribution in [1.82, 2.24) is 14.8 Å². The van der Waals surface area contributed by atoms with E-state index in [9.17, 15) is 4.39 Å². The van der Waals surface area contributed by atoms with Crippen molar-refractivity contribution in [2.45, 2.75) is 18.5 Å². The Hall–Kier alpha value is -2.41. The van der Waals surface area contributed by atoms with E-state index in [1.165, 1.54) is 18.5 Å². The van der Waals surface area contributed by atoms with E-state index in [0.29, 0.717) is 5.95 Å². The number of rotatable bonds is 3. The van der Waals surface area contributed by atoms with Crippen LogP contribution in [0.3, 0.4) is 0 Å². The lowest BCUT2D eigenvalue weighted by Crippen LogP contribution is -2.28. The van der Waals surface area contributed by atoms with Gasteiger partial charge in [-0.15, -0.1) is 0 Å². The summed E-state index contributed by atoms with van der Waals surface area (Å²) in [4.78, 5) is 4.32. The Labute approximate surface area is 153 Å². The summed E-state index contributed by atoms with van der Waals surface area (Å²) in [5.41, 5.74) is 2.03. The number of benzene rings is 2. The number of halogens is 2. The van der Waals surface area contributed by atoms with E-state index in [1.54, 1.807) is 19.2 Å². The predicted molar refractivity (Wildman–Crippen MR) is 96.2 cm³/mol. The van der Waals surface area contributed by atoms with Gasteiger partial charge in [-0.2, -0.15) is 10.1 Å². The van der Waals surface area contributed by atoms with E-state index in [4.69, 9.17) is 4.74 Å². The monoisotopic (exact) mass is 402 g/mol. The zero-order chi connectivity index (χ0) is 17.4. The molecule has 0 spiro atoms. The molecule has 25 heavy (non-hydrogen) atoms. The number of methoxy groups -OCH3 is 1. The van der Waals surface area contributed by atoms with Gasteiger partial charge in [0, 0.05) is 10.0 Å². The minimum atomic E-state index is -0.243. The molecular formula is C18H16BrFN4O. The van der Waals surface area contributed by atoms with Gasteiger partial charge in [0.05, 0.1) is 19.2 Å². The molecule has 5 nitrogen and oxygen atoms in total. The van der Waals surface area contributed by atoms with E-state index >= 15 is 0 Å². The fourth-order valence-corrected chi connectivity index (χ4v) is 3.64. The molecule has 1 aliphatic rings. The summed E-state index contributed by atoms with van der Waals surface area (Å²) in [5.74, 6) is 1.25. The van der Waals surface area contributed by atoms with Crippen LogP contribution < -0.4 is 10.1 Å². The Kier molecular flexibility index (Phi) is 4.17. The van der Waals surface area contributed by atoms with Crippen molar-refractivity contribution in [3.8, 4) is 5.75 Å². The molecule has 3 aromatic rings. The third-order valence-corrected chi connectivity index (χ3v) is 4.95. The highest BCUT2D eigenvalue weighted by molar-refractivity contribution is 9.10. The van der Waals surface area contributed by atoms with Crippen LogP contribution in [0.4, 0.5) is 10.3 Å². The number of aromatic nitrogens is 3. The molecule has 0 saturated carbocycles. The first-order chi connectivity index (χ1) is 12.2. The number of hydrogen-bond donors (Lipinski definition) is 1. The number of ether oxygens (including phenoxy) is 1. The first-order valence-electron chi connectivity index (χ1n) is 7.90. The number of fused-ring (bicyclic) bond motifs is 1. The van der Waals surface area contributed by atoms with Crippen molar-refractivity contribution >= 4 is 21.9 Å². The second kappa shape index (κ2) is 6.48. The summed E-state index contributed by atoms with van der Waals surface area (Å²) in [6.07, 6.45) is 2.28. The summed E-state index contributed by atoms with van der Waals surface area (Å²) in [6.45, 7) is 0. The van der Waals surface area contributed by atoms with Crippen LogP contribution in [-0.2, 0) is 0 Å². The van der Waals surface area contributed by atoms with E-state index < -0.39 is 0 Å². The Balaban J connectivity index is 1.77. The normalized spacial score (nSPS) is 19.2. The molecule has 1 N–H and O–H groups in total. The number of nitrogens with zero attached hydrogens (tertiary/aromatic N) is 3. The lowest BCUT2D eigenvalue weighted by molar-refractivity contribution is 0.379. The highest BCUT2D eigenvalue weighted by Gasteiger charge is 2.31. The molecular weight excluding hydrogens is 387 g/mol. The maximum Gasteiger partial charge on any atom is 0.222 e. The van der Waals surface area contributed by atoms with E-state index in [-0.39, 0.29) is 17.9 Å². The molecule has 0 saturated heterocycles. The molecule has 0 fully saturated rings. The SMILES string of the molecule is COc1ccc(Br)cc1[C@H]1C[C@@H](c2ccc(F)cc2)Nc2ncnn21. The van der Waals surface area contributed by atoms with Gasteiger partial charge in [-0.25, -0.2) is 9.07 Å². The second-order valence-electron chi connectivity index (χ2n) is 5.91. The molecule has 0 bridgehead atoms. The highest BCUT2D eigenvalue weighted by atomic mass is 79.9. The van der Waals surface area contributed by atoms with E-state index in [2.05, 4.69) is 31.3 Å². The molecule has 1 aliphatic heterocycles. The summed E-state index contributed by atoms with van der Waals surface area (Å²) in [6, 6.07) is 12.4. The minimum absolute atomic E-state index is 0.00554. The fourth-order valence-electron chi connectivity index (χ4n) is 3.26. The third-order valence-electron chi connectivity index (χ3n) is 4.45. The zero-order valence-corrected chi connectivity index (χ0v) is 15.1. The van der Waals surface area contributed by atoms with Crippen LogP contribution in [0.5, 0.6) is 5.75 Å². The lowest BCUT2D eigenvalue weighted by Gasteiger charge is -2.32. The van der Waals surface area contributed by atoms with Gasteiger partial charge >= 0.3 is 0 Å². The van der Waals surface area contributed by atoms with Crippen molar-refractivity contribution in [1.29, 1.82) is 0 Å². The molecule has 2 heterocycles. The van der Waals surface area contributed by atoms with Crippen LogP contribution in [-0.4, -0.2) is 21.9 Å². The largest absolute Gasteiger partial charge is 0.496 e.